The van der Waals surface area contributed by atoms with Gasteiger partial charge in [0.1, 0.15) is 24.2 Å². The van der Waals surface area contributed by atoms with Crippen molar-refractivity contribution in [1.82, 2.24) is 30.0 Å². The molecule has 0 amide bonds. The molecule has 0 bridgehead atoms. The van der Waals surface area contributed by atoms with Gasteiger partial charge in [-0.1, -0.05) is 13.8 Å². The second kappa shape index (κ2) is 10.7. The molecule has 210 valence electrons. The first kappa shape index (κ1) is 26.5. The number of nitrogens with zero attached hydrogens (tertiary/aromatic N) is 7. The summed E-state index contributed by atoms with van der Waals surface area (Å²) in [6.07, 6.45) is 8.63. The number of benzene rings is 1. The normalized spacial score (nSPS) is 19.1. The molecule has 0 radical (unpaired) electrons. The van der Waals surface area contributed by atoms with Crippen LogP contribution in [-0.4, -0.2) is 73.3 Å². The summed E-state index contributed by atoms with van der Waals surface area (Å²) in [5.41, 5.74) is 2.37. The largest absolute Gasteiger partial charge is 0.481 e. The predicted octanol–water partition coefficient (Wildman–Crippen LogP) is 4.54. The third-order valence-corrected chi connectivity index (χ3v) is 8.42. The quantitative estimate of drug-likeness (QED) is 0.388. The van der Waals surface area contributed by atoms with Crippen LogP contribution in [0.3, 0.4) is 0 Å². The van der Waals surface area contributed by atoms with E-state index in [1.165, 1.54) is 24.8 Å². The van der Waals surface area contributed by atoms with Crippen molar-refractivity contribution in [1.29, 1.82) is 0 Å². The first-order valence-electron chi connectivity index (χ1n) is 14.0. The lowest BCUT2D eigenvalue weighted by atomic mass is 9.76. The number of hydrogen-bond donors (Lipinski definition) is 1. The number of aromatic nitrogens is 5. The van der Waals surface area contributed by atoms with Gasteiger partial charge < -0.3 is 14.7 Å². The lowest BCUT2D eigenvalue weighted by Crippen LogP contribution is -2.62. The van der Waals surface area contributed by atoms with Gasteiger partial charge in [0.2, 0.25) is 0 Å². The summed E-state index contributed by atoms with van der Waals surface area (Å²) in [5.74, 6) is 0.956. The van der Waals surface area contributed by atoms with Gasteiger partial charge in [0.25, 0.3) is 5.88 Å². The molecular weight excluding hydrogens is 513 g/mol. The van der Waals surface area contributed by atoms with Crippen molar-refractivity contribution in [2.75, 3.05) is 31.1 Å². The molecule has 3 fully saturated rings. The van der Waals surface area contributed by atoms with Crippen molar-refractivity contribution < 1.29 is 19.0 Å². The molecule has 1 aliphatic carbocycles. The molecule has 2 saturated heterocycles. The van der Waals surface area contributed by atoms with Crippen LogP contribution in [0.1, 0.15) is 57.6 Å². The fourth-order valence-electron chi connectivity index (χ4n) is 6.31. The van der Waals surface area contributed by atoms with Gasteiger partial charge in [-0.3, -0.25) is 9.69 Å². The van der Waals surface area contributed by atoms with Crippen molar-refractivity contribution in [3.05, 3.63) is 48.6 Å². The fourth-order valence-corrected chi connectivity index (χ4v) is 6.31. The van der Waals surface area contributed by atoms with Crippen LogP contribution >= 0.6 is 0 Å². The number of aliphatic carboxylic acids is 1. The average molecular weight is 548 g/mol. The summed E-state index contributed by atoms with van der Waals surface area (Å²) >= 11 is 0. The number of halogens is 1. The fraction of sp³-hybridized carbons (Fsp3) is 0.517. The molecule has 1 aromatic carbocycles. The first-order valence-corrected chi connectivity index (χ1v) is 14.0. The predicted molar refractivity (Wildman–Crippen MR) is 146 cm³/mol. The Bertz CT molecular complexity index is 1390. The number of likely N-dealkylation sites (tertiary alicyclic amines) is 1. The van der Waals surface area contributed by atoms with Gasteiger partial charge in [-0.25, -0.2) is 19.3 Å². The van der Waals surface area contributed by atoms with Gasteiger partial charge in [0.05, 0.1) is 5.69 Å². The van der Waals surface area contributed by atoms with Gasteiger partial charge in [0, 0.05) is 67.3 Å². The van der Waals surface area contributed by atoms with Gasteiger partial charge in [-0.15, -0.1) is 10.2 Å². The maximum Gasteiger partial charge on any atom is 0.303 e. The summed E-state index contributed by atoms with van der Waals surface area (Å²) < 4.78 is 20.7. The minimum atomic E-state index is -0.746. The summed E-state index contributed by atoms with van der Waals surface area (Å²) in [5, 5.41) is 17.4. The van der Waals surface area contributed by atoms with E-state index in [2.05, 4.69) is 48.8 Å². The van der Waals surface area contributed by atoms with Gasteiger partial charge >= 0.3 is 5.97 Å². The number of carboxylic acids is 1. The topological polar surface area (TPSA) is 117 Å². The molecule has 10 nitrogen and oxygen atoms in total. The van der Waals surface area contributed by atoms with E-state index in [0.717, 1.165) is 56.7 Å². The van der Waals surface area contributed by atoms with Crippen LogP contribution in [0, 0.1) is 17.2 Å². The number of hydrogen-bond acceptors (Lipinski definition) is 9. The second-order valence-electron chi connectivity index (χ2n) is 11.7. The van der Waals surface area contributed by atoms with Crippen molar-refractivity contribution in [3.8, 4) is 22.8 Å². The van der Waals surface area contributed by atoms with Gasteiger partial charge in [-0.05, 0) is 49.8 Å². The Morgan fingerprint density at radius 2 is 2.00 bits per heavy atom. The molecule has 1 unspecified atom stereocenters. The molecule has 2 aromatic heterocycles. The minimum absolute atomic E-state index is 0.125. The van der Waals surface area contributed by atoms with E-state index < -0.39 is 5.97 Å². The Morgan fingerprint density at radius 3 is 2.75 bits per heavy atom. The van der Waals surface area contributed by atoms with Crippen LogP contribution in [-0.2, 0) is 4.79 Å². The van der Waals surface area contributed by atoms with Crippen molar-refractivity contribution in [2.24, 2.45) is 11.3 Å². The van der Waals surface area contributed by atoms with Crippen LogP contribution in [0.4, 0.5) is 10.2 Å². The zero-order valence-corrected chi connectivity index (χ0v) is 22.8. The smallest absolute Gasteiger partial charge is 0.303 e. The molecule has 1 saturated carbocycles. The summed E-state index contributed by atoms with van der Waals surface area (Å²) in [7, 11) is 0. The maximum atomic E-state index is 14.4. The highest BCUT2D eigenvalue weighted by Gasteiger charge is 2.50. The number of ether oxygens (including phenoxy) is 1. The van der Waals surface area contributed by atoms with E-state index in [4.69, 9.17) is 4.74 Å². The molecule has 1 atom stereocenters. The van der Waals surface area contributed by atoms with E-state index in [1.54, 1.807) is 12.3 Å². The van der Waals surface area contributed by atoms with Crippen molar-refractivity contribution >= 4 is 11.8 Å². The highest BCUT2D eigenvalue weighted by molar-refractivity contribution is 5.73. The van der Waals surface area contributed by atoms with E-state index >= 15 is 0 Å². The van der Waals surface area contributed by atoms with Crippen LogP contribution in [0.15, 0.2) is 37.1 Å². The monoisotopic (exact) mass is 547 g/mol. The molecule has 6 rings (SSSR count). The van der Waals surface area contributed by atoms with Crippen LogP contribution in [0.25, 0.3) is 11.1 Å². The minimum Gasteiger partial charge on any atom is -0.481 e. The molecule has 4 heterocycles. The molecule has 40 heavy (non-hydrogen) atoms. The summed E-state index contributed by atoms with van der Waals surface area (Å²) in [6, 6.07) is 4.68. The highest BCUT2D eigenvalue weighted by atomic mass is 19.1. The second-order valence-corrected chi connectivity index (χ2v) is 11.7. The number of anilines is 1. The molecular formula is C29H34FN7O3. The molecule has 3 aromatic rings. The third kappa shape index (κ3) is 5.34. The van der Waals surface area contributed by atoms with Crippen molar-refractivity contribution in [2.45, 2.75) is 57.9 Å². The third-order valence-electron chi connectivity index (χ3n) is 8.42. The Labute approximate surface area is 232 Å². The first-order chi connectivity index (χ1) is 19.3. The zero-order valence-electron chi connectivity index (χ0n) is 22.8. The lowest BCUT2D eigenvalue weighted by Gasteiger charge is -2.52. The van der Waals surface area contributed by atoms with Crippen LogP contribution < -0.4 is 9.64 Å². The summed E-state index contributed by atoms with van der Waals surface area (Å²) in [4.78, 5) is 29.0. The van der Waals surface area contributed by atoms with E-state index in [1.807, 2.05) is 0 Å². The SMILES string of the molecule is CC(C)C(CCC(=O)O)N1CC2(CCN(c3ncnnc3Oc3ccc(F)cc3-c3cncnc3C3CC3)C2)C1. The maximum absolute atomic E-state index is 14.4. The zero-order chi connectivity index (χ0) is 27.9. The molecule has 1 N–H and O–H groups in total. The molecule has 2 aliphatic heterocycles. The molecule has 1 spiro atoms. The molecule has 3 aliphatic rings. The van der Waals surface area contributed by atoms with E-state index in [9.17, 15) is 14.3 Å². The Hall–Kier alpha value is -3.73. The number of rotatable bonds is 10. The lowest BCUT2D eigenvalue weighted by molar-refractivity contribution is -0.137. The number of carbonyl (C=O) groups is 1. The summed E-state index contributed by atoms with van der Waals surface area (Å²) in [6.45, 7) is 7.79. The number of carboxylic acid groups (broad SMARTS) is 1. The standard InChI is InChI=1S/C29H34FN7O3/c1-18(2)23(6-8-25(38)39)37-14-29(15-37)9-10-36(13-29)27-28(35-34-17-33-27)40-24-7-5-20(30)11-21(24)22-12-31-16-32-26(22)19-3-4-19/h5,7,11-12,16-19,23H,3-4,6,8-10,13-15H2,1-2H3,(H,38,39). The van der Waals surface area contributed by atoms with Crippen molar-refractivity contribution in [3.63, 3.8) is 0 Å². The van der Waals surface area contributed by atoms with Gasteiger partial charge in [0.15, 0.2) is 5.82 Å². The van der Waals surface area contributed by atoms with E-state index in [0.29, 0.717) is 35.4 Å². The highest BCUT2D eigenvalue weighted by Crippen LogP contribution is 2.47. The van der Waals surface area contributed by atoms with Crippen LogP contribution in [0.5, 0.6) is 11.6 Å². The van der Waals surface area contributed by atoms with Crippen LogP contribution in [0.2, 0.25) is 0 Å². The Kier molecular flexibility index (Phi) is 7.07. The van der Waals surface area contributed by atoms with E-state index in [-0.39, 0.29) is 29.6 Å². The Balaban J connectivity index is 1.20. The Morgan fingerprint density at radius 1 is 1.18 bits per heavy atom. The van der Waals surface area contributed by atoms with Gasteiger partial charge in [-0.2, -0.15) is 0 Å². The molecule has 11 heteroatoms. The average Bonchev–Trinajstić information content (AvgIpc) is 3.67.